The van der Waals surface area contributed by atoms with E-state index in [0.717, 1.165) is 34.2 Å². The Bertz CT molecular complexity index is 1200. The molecule has 0 N–H and O–H groups in total. The van der Waals surface area contributed by atoms with E-state index in [-0.39, 0.29) is 0 Å². The predicted molar refractivity (Wildman–Crippen MR) is 149 cm³/mol. The lowest BCUT2D eigenvalue weighted by atomic mass is 9.93. The van der Waals surface area contributed by atoms with Gasteiger partial charge in [0.2, 0.25) is 0 Å². The van der Waals surface area contributed by atoms with Crippen molar-refractivity contribution in [3.63, 3.8) is 0 Å². The Morgan fingerprint density at radius 3 is 1.89 bits per heavy atom. The third-order valence-corrected chi connectivity index (χ3v) is 5.84. The Kier molecular flexibility index (Phi) is 10.0. The molecule has 3 aromatic carbocycles. The molecule has 0 radical (unpaired) electrons. The number of cyclic esters (lactones) is 2. The number of carbonyl (C=O) groups excluding carboxylic acids is 2. The lowest BCUT2D eigenvalue weighted by molar-refractivity contribution is -0.234. The maximum atomic E-state index is 12.3. The van der Waals surface area contributed by atoms with E-state index in [4.69, 9.17) is 9.47 Å². The molecule has 0 aromatic heterocycles. The monoisotopic (exact) mass is 488 g/mol. The number of rotatable bonds is 4. The van der Waals surface area contributed by atoms with Crippen LogP contribution in [0.1, 0.15) is 70.6 Å². The quantitative estimate of drug-likeness (QED) is 0.211. The van der Waals surface area contributed by atoms with Crippen LogP contribution in [0, 0.1) is 19.8 Å². The summed E-state index contributed by atoms with van der Waals surface area (Å²) in [5, 5.41) is 1.99. The molecular weight excluding hydrogens is 448 g/mol. The van der Waals surface area contributed by atoms with Crippen LogP contribution in [-0.4, -0.2) is 17.7 Å². The number of hydrogen-bond donors (Lipinski definition) is 0. The van der Waals surface area contributed by atoms with Crippen molar-refractivity contribution < 1.29 is 19.1 Å². The van der Waals surface area contributed by atoms with Gasteiger partial charge in [0, 0.05) is 13.8 Å². The van der Waals surface area contributed by atoms with E-state index in [0.29, 0.717) is 5.56 Å². The second kappa shape index (κ2) is 12.5. The fraction of sp³-hybridized carbons (Fsp3) is 0.375. The third-order valence-electron chi connectivity index (χ3n) is 5.84. The molecule has 192 valence electrons. The first-order valence-electron chi connectivity index (χ1n) is 12.7. The van der Waals surface area contributed by atoms with Gasteiger partial charge < -0.3 is 9.47 Å². The number of hydrogen-bond acceptors (Lipinski definition) is 4. The lowest BCUT2D eigenvalue weighted by Gasteiger charge is -2.33. The van der Waals surface area contributed by atoms with Crippen molar-refractivity contribution in [3.05, 3.63) is 83.9 Å². The van der Waals surface area contributed by atoms with Crippen LogP contribution in [0.4, 0.5) is 0 Å². The number of esters is 2. The zero-order chi connectivity index (χ0) is 27.0. The Labute approximate surface area is 216 Å². The van der Waals surface area contributed by atoms with Gasteiger partial charge in [0.15, 0.2) is 5.92 Å². The van der Waals surface area contributed by atoms with Gasteiger partial charge in [-0.15, -0.1) is 6.58 Å². The molecule has 1 fully saturated rings. The highest BCUT2D eigenvalue weighted by Crippen LogP contribution is 2.33. The molecule has 0 atom stereocenters. The van der Waals surface area contributed by atoms with Crippen molar-refractivity contribution in [1.29, 1.82) is 0 Å². The number of ether oxygens (including phenoxy) is 2. The normalized spacial score (nSPS) is 14.7. The largest absolute Gasteiger partial charge is 0.422 e. The molecule has 1 heterocycles. The van der Waals surface area contributed by atoms with Crippen LogP contribution < -0.4 is 0 Å². The molecule has 0 amide bonds. The summed E-state index contributed by atoms with van der Waals surface area (Å²) in [6.45, 7) is 19.3. The van der Waals surface area contributed by atoms with E-state index < -0.39 is 23.6 Å². The zero-order valence-corrected chi connectivity index (χ0v) is 23.0. The van der Waals surface area contributed by atoms with E-state index in [2.05, 4.69) is 64.6 Å². The van der Waals surface area contributed by atoms with Crippen LogP contribution in [0.25, 0.3) is 21.9 Å². The minimum atomic E-state index is -1.22. The Morgan fingerprint density at radius 1 is 0.833 bits per heavy atom. The fourth-order valence-electron chi connectivity index (χ4n) is 3.87. The second-order valence-electron chi connectivity index (χ2n) is 9.71. The van der Waals surface area contributed by atoms with Gasteiger partial charge in [0.25, 0.3) is 5.79 Å². The molecule has 0 saturated carbocycles. The number of carbonyl (C=O) groups is 2. The van der Waals surface area contributed by atoms with Gasteiger partial charge in [0.05, 0.1) is 0 Å². The average Bonchev–Trinajstić information content (AvgIpc) is 2.81. The summed E-state index contributed by atoms with van der Waals surface area (Å²) < 4.78 is 10.5. The standard InChI is InChI=1S/C24H22O4.C6H12.C2H6/c1-14-5-6-16(11-15(14)2)17-7-8-19-13-20(10-9-18(19)12-17)21-22(25)27-24(3,4)28-23(21)26;1-4-5-6(2)3;1-2/h5-13,21H,1-4H3;4,6H,1,5H2,2-3H3;1-2H3. The molecule has 0 bridgehead atoms. The van der Waals surface area contributed by atoms with Crippen LogP contribution in [0.5, 0.6) is 0 Å². The highest BCUT2D eigenvalue weighted by Gasteiger charge is 2.44. The van der Waals surface area contributed by atoms with Gasteiger partial charge in [-0.2, -0.15) is 0 Å². The summed E-state index contributed by atoms with van der Waals surface area (Å²) >= 11 is 0. The van der Waals surface area contributed by atoms with Crippen molar-refractivity contribution in [1.82, 2.24) is 0 Å². The van der Waals surface area contributed by atoms with Crippen LogP contribution in [0.2, 0.25) is 0 Å². The minimum Gasteiger partial charge on any atom is -0.422 e. The highest BCUT2D eigenvalue weighted by molar-refractivity contribution is 6.03. The summed E-state index contributed by atoms with van der Waals surface area (Å²) in [6, 6.07) is 18.2. The minimum absolute atomic E-state index is 0.577. The Morgan fingerprint density at radius 2 is 1.36 bits per heavy atom. The third kappa shape index (κ3) is 7.30. The number of fused-ring (bicyclic) bond motifs is 1. The SMILES string of the molecule is C=CCC(C)C.CC.Cc1ccc(-c2ccc3cc(C4C(=O)OC(C)(C)OC4=O)ccc3c2)cc1C. The molecule has 36 heavy (non-hydrogen) atoms. The fourth-order valence-corrected chi connectivity index (χ4v) is 3.87. The predicted octanol–water partition coefficient (Wildman–Crippen LogP) is 8.29. The molecule has 1 aliphatic rings. The molecule has 4 rings (SSSR count). The molecule has 0 spiro atoms. The molecule has 1 saturated heterocycles. The van der Waals surface area contributed by atoms with Crippen molar-refractivity contribution in [2.24, 2.45) is 5.92 Å². The van der Waals surface area contributed by atoms with Crippen molar-refractivity contribution in [3.8, 4) is 11.1 Å². The first kappa shape index (κ1) is 28.8. The summed E-state index contributed by atoms with van der Waals surface area (Å²) in [6.07, 6.45) is 3.09. The highest BCUT2D eigenvalue weighted by atomic mass is 16.7. The maximum absolute atomic E-state index is 12.3. The topological polar surface area (TPSA) is 52.6 Å². The number of aryl methyl sites for hydroxylation is 2. The molecular formula is C32H40O4. The van der Waals surface area contributed by atoms with Gasteiger partial charge in [-0.3, -0.25) is 9.59 Å². The summed E-state index contributed by atoms with van der Waals surface area (Å²) in [5.41, 5.74) is 5.39. The zero-order valence-electron chi connectivity index (χ0n) is 23.0. The van der Waals surface area contributed by atoms with E-state index in [1.165, 1.54) is 11.1 Å². The number of allylic oxidation sites excluding steroid dienone is 1. The van der Waals surface area contributed by atoms with E-state index in [9.17, 15) is 9.59 Å². The molecule has 3 aromatic rings. The van der Waals surface area contributed by atoms with E-state index in [1.807, 2.05) is 38.1 Å². The molecule has 4 nitrogen and oxygen atoms in total. The molecule has 0 aliphatic carbocycles. The Balaban J connectivity index is 0.000000502. The van der Waals surface area contributed by atoms with Gasteiger partial charge in [0.1, 0.15) is 0 Å². The van der Waals surface area contributed by atoms with E-state index >= 15 is 0 Å². The summed E-state index contributed by atoms with van der Waals surface area (Å²) in [7, 11) is 0. The summed E-state index contributed by atoms with van der Waals surface area (Å²) in [4.78, 5) is 24.7. The van der Waals surface area contributed by atoms with Crippen molar-refractivity contribution in [2.75, 3.05) is 0 Å². The van der Waals surface area contributed by atoms with Gasteiger partial charge in [-0.25, -0.2) is 0 Å². The maximum Gasteiger partial charge on any atom is 0.328 e. The van der Waals surface area contributed by atoms with Crippen LogP contribution in [0.3, 0.4) is 0 Å². The average molecular weight is 489 g/mol. The summed E-state index contributed by atoms with van der Waals surface area (Å²) in [5.74, 6) is -2.64. The number of benzene rings is 3. The van der Waals surface area contributed by atoms with Crippen LogP contribution in [0.15, 0.2) is 67.3 Å². The van der Waals surface area contributed by atoms with E-state index in [1.54, 1.807) is 19.9 Å². The van der Waals surface area contributed by atoms with Gasteiger partial charge in [-0.1, -0.05) is 76.2 Å². The van der Waals surface area contributed by atoms with Crippen molar-refractivity contribution in [2.45, 2.75) is 73.5 Å². The smallest absolute Gasteiger partial charge is 0.328 e. The molecule has 1 aliphatic heterocycles. The van der Waals surface area contributed by atoms with Gasteiger partial charge in [-0.05, 0) is 76.9 Å². The Hall–Kier alpha value is -3.40. The van der Waals surface area contributed by atoms with Crippen LogP contribution in [-0.2, 0) is 19.1 Å². The molecule has 4 heteroatoms. The van der Waals surface area contributed by atoms with Crippen LogP contribution >= 0.6 is 0 Å². The second-order valence-corrected chi connectivity index (χ2v) is 9.71. The first-order valence-corrected chi connectivity index (χ1v) is 12.7. The lowest BCUT2D eigenvalue weighted by Crippen LogP contribution is -2.45. The molecule has 0 unspecified atom stereocenters. The van der Waals surface area contributed by atoms with Gasteiger partial charge >= 0.3 is 11.9 Å². The van der Waals surface area contributed by atoms with Crippen molar-refractivity contribution >= 4 is 22.7 Å². The first-order chi connectivity index (χ1) is 17.0.